The zero-order valence-corrected chi connectivity index (χ0v) is 11.8. The van der Waals surface area contributed by atoms with Crippen LogP contribution in [0, 0.1) is 0 Å². The topological polar surface area (TPSA) is 55.1 Å². The minimum atomic E-state index is -0.190. The Kier molecular flexibility index (Phi) is 4.71. The number of hydrogen-bond acceptors (Lipinski definition) is 3. The van der Waals surface area contributed by atoms with Gasteiger partial charge in [-0.1, -0.05) is 11.6 Å². The predicted molar refractivity (Wildman–Crippen MR) is 75.8 cm³/mol. The van der Waals surface area contributed by atoms with E-state index in [9.17, 15) is 4.79 Å². The fraction of sp³-hybridized carbons (Fsp3) is 0.417. The fourth-order valence-corrected chi connectivity index (χ4v) is 1.60. The van der Waals surface area contributed by atoms with Crippen molar-refractivity contribution < 1.29 is 4.79 Å². The van der Waals surface area contributed by atoms with E-state index in [0.717, 1.165) is 0 Å². The molecule has 1 amide bonds. The lowest BCUT2D eigenvalue weighted by Gasteiger charge is -2.22. The average molecular weight is 273 g/mol. The average Bonchev–Trinajstić information content (AvgIpc) is 2.29. The number of benzene rings is 1. The molecular formula is C12H17ClN2OS. The molecule has 0 aliphatic heterocycles. The quantitative estimate of drug-likeness (QED) is 0.829. The molecule has 0 saturated carbocycles. The molecular weight excluding hydrogens is 256 g/mol. The van der Waals surface area contributed by atoms with Gasteiger partial charge in [-0.25, -0.2) is 0 Å². The zero-order chi connectivity index (χ0) is 13.1. The third-order valence-electron chi connectivity index (χ3n) is 2.46. The van der Waals surface area contributed by atoms with Gasteiger partial charge in [0.15, 0.2) is 0 Å². The largest absolute Gasteiger partial charge is 0.399 e. The minimum Gasteiger partial charge on any atom is -0.399 e. The molecule has 3 N–H and O–H groups in total. The van der Waals surface area contributed by atoms with E-state index in [-0.39, 0.29) is 10.7 Å². The molecule has 0 aliphatic carbocycles. The molecule has 1 aromatic carbocycles. The molecule has 3 nitrogen and oxygen atoms in total. The Hall–Kier alpha value is -0.870. The number of nitrogens with one attached hydrogen (secondary N) is 1. The first-order valence-corrected chi connectivity index (χ1v) is 6.84. The number of carbonyl (C=O) groups is 1. The van der Waals surface area contributed by atoms with E-state index in [4.69, 9.17) is 17.3 Å². The van der Waals surface area contributed by atoms with Gasteiger partial charge in [-0.15, -0.1) is 0 Å². The van der Waals surface area contributed by atoms with Crippen molar-refractivity contribution >= 4 is 35.0 Å². The number of anilines is 1. The SMILES string of the molecule is CSC(C)(C)CNC(=O)c1cc(N)ccc1Cl. The summed E-state index contributed by atoms with van der Waals surface area (Å²) in [5, 5.41) is 3.27. The van der Waals surface area contributed by atoms with Crippen molar-refractivity contribution in [3.63, 3.8) is 0 Å². The number of hydrogen-bond donors (Lipinski definition) is 2. The lowest BCUT2D eigenvalue weighted by Crippen LogP contribution is -2.36. The second-order valence-electron chi connectivity index (χ2n) is 4.39. The summed E-state index contributed by atoms with van der Waals surface area (Å²) in [6.07, 6.45) is 2.01. The fourth-order valence-electron chi connectivity index (χ4n) is 1.18. The highest BCUT2D eigenvalue weighted by atomic mass is 35.5. The second kappa shape index (κ2) is 5.65. The van der Waals surface area contributed by atoms with Crippen LogP contribution in [0.2, 0.25) is 5.02 Å². The summed E-state index contributed by atoms with van der Waals surface area (Å²) in [7, 11) is 0. The molecule has 0 aliphatic rings. The van der Waals surface area contributed by atoms with Crippen molar-refractivity contribution in [3.05, 3.63) is 28.8 Å². The van der Waals surface area contributed by atoms with Gasteiger partial charge in [-0.05, 0) is 38.3 Å². The number of rotatable bonds is 4. The Morgan fingerprint density at radius 3 is 2.76 bits per heavy atom. The summed E-state index contributed by atoms with van der Waals surface area (Å²) < 4.78 is 0.00244. The summed E-state index contributed by atoms with van der Waals surface area (Å²) in [5.74, 6) is -0.190. The van der Waals surface area contributed by atoms with Crippen LogP contribution in [0.1, 0.15) is 24.2 Å². The van der Waals surface area contributed by atoms with E-state index >= 15 is 0 Å². The van der Waals surface area contributed by atoms with Gasteiger partial charge in [0.25, 0.3) is 5.91 Å². The summed E-state index contributed by atoms with van der Waals surface area (Å²) in [6.45, 7) is 4.72. The van der Waals surface area contributed by atoms with Crippen LogP contribution in [0.5, 0.6) is 0 Å². The number of halogens is 1. The Morgan fingerprint density at radius 1 is 1.53 bits per heavy atom. The minimum absolute atomic E-state index is 0.00244. The van der Waals surface area contributed by atoms with E-state index in [1.54, 1.807) is 30.0 Å². The molecule has 0 atom stereocenters. The summed E-state index contributed by atoms with van der Waals surface area (Å²) in [6, 6.07) is 4.89. The van der Waals surface area contributed by atoms with Crippen molar-refractivity contribution in [1.82, 2.24) is 5.32 Å². The molecule has 94 valence electrons. The third kappa shape index (κ3) is 4.13. The Bertz CT molecular complexity index is 421. The van der Waals surface area contributed by atoms with Gasteiger partial charge in [0, 0.05) is 17.0 Å². The van der Waals surface area contributed by atoms with Crippen molar-refractivity contribution in [3.8, 4) is 0 Å². The first-order chi connectivity index (χ1) is 7.85. The molecule has 0 radical (unpaired) electrons. The molecule has 17 heavy (non-hydrogen) atoms. The van der Waals surface area contributed by atoms with E-state index in [0.29, 0.717) is 22.8 Å². The van der Waals surface area contributed by atoms with Crippen LogP contribution in [-0.2, 0) is 0 Å². The van der Waals surface area contributed by atoms with Gasteiger partial charge < -0.3 is 11.1 Å². The van der Waals surface area contributed by atoms with Crippen molar-refractivity contribution in [2.75, 3.05) is 18.5 Å². The lowest BCUT2D eigenvalue weighted by atomic mass is 10.1. The molecule has 0 bridgehead atoms. The van der Waals surface area contributed by atoms with Gasteiger partial charge in [-0.2, -0.15) is 11.8 Å². The maximum absolute atomic E-state index is 11.9. The molecule has 0 heterocycles. The number of carbonyl (C=O) groups excluding carboxylic acids is 1. The van der Waals surface area contributed by atoms with Crippen LogP contribution >= 0.6 is 23.4 Å². The summed E-state index contributed by atoms with van der Waals surface area (Å²) in [5.41, 5.74) is 6.58. The highest BCUT2D eigenvalue weighted by Gasteiger charge is 2.18. The smallest absolute Gasteiger partial charge is 0.252 e. The Balaban J connectivity index is 2.74. The Labute approximate surface area is 111 Å². The molecule has 5 heteroatoms. The summed E-state index contributed by atoms with van der Waals surface area (Å²) in [4.78, 5) is 11.9. The standard InChI is InChI=1S/C12H17ClN2OS/c1-12(2,17-3)7-15-11(16)9-6-8(14)4-5-10(9)13/h4-6H,7,14H2,1-3H3,(H,15,16). The monoisotopic (exact) mass is 272 g/mol. The molecule has 1 rings (SSSR count). The number of nitrogen functional groups attached to an aromatic ring is 1. The van der Waals surface area contributed by atoms with Crippen LogP contribution in [-0.4, -0.2) is 23.5 Å². The maximum atomic E-state index is 11.9. The first kappa shape index (κ1) is 14.2. The van der Waals surface area contributed by atoms with E-state index in [1.165, 1.54) is 0 Å². The van der Waals surface area contributed by atoms with Crippen LogP contribution in [0.25, 0.3) is 0 Å². The van der Waals surface area contributed by atoms with Crippen molar-refractivity contribution in [2.24, 2.45) is 0 Å². The number of nitrogens with two attached hydrogens (primary N) is 1. The Morgan fingerprint density at radius 2 is 2.18 bits per heavy atom. The van der Waals surface area contributed by atoms with Crippen LogP contribution < -0.4 is 11.1 Å². The van der Waals surface area contributed by atoms with Crippen LogP contribution in [0.15, 0.2) is 18.2 Å². The molecule has 0 aromatic heterocycles. The highest BCUT2D eigenvalue weighted by Crippen LogP contribution is 2.21. The van der Waals surface area contributed by atoms with Gasteiger partial charge in [-0.3, -0.25) is 4.79 Å². The molecule has 0 fully saturated rings. The van der Waals surface area contributed by atoms with Crippen LogP contribution in [0.4, 0.5) is 5.69 Å². The molecule has 0 spiro atoms. The lowest BCUT2D eigenvalue weighted by molar-refractivity contribution is 0.0951. The second-order valence-corrected chi connectivity index (χ2v) is 6.31. The normalized spacial score (nSPS) is 11.3. The van der Waals surface area contributed by atoms with Gasteiger partial charge in [0.05, 0.1) is 10.6 Å². The van der Waals surface area contributed by atoms with E-state index < -0.39 is 0 Å². The number of amides is 1. The third-order valence-corrected chi connectivity index (χ3v) is 4.04. The molecule has 0 unspecified atom stereocenters. The van der Waals surface area contributed by atoms with Crippen LogP contribution in [0.3, 0.4) is 0 Å². The van der Waals surface area contributed by atoms with Crippen molar-refractivity contribution in [2.45, 2.75) is 18.6 Å². The highest BCUT2D eigenvalue weighted by molar-refractivity contribution is 7.99. The van der Waals surface area contributed by atoms with Gasteiger partial charge in [0.2, 0.25) is 0 Å². The number of thioether (sulfide) groups is 1. The van der Waals surface area contributed by atoms with Crippen molar-refractivity contribution in [1.29, 1.82) is 0 Å². The van der Waals surface area contributed by atoms with Gasteiger partial charge >= 0.3 is 0 Å². The van der Waals surface area contributed by atoms with Gasteiger partial charge in [0.1, 0.15) is 0 Å². The first-order valence-electron chi connectivity index (χ1n) is 5.24. The zero-order valence-electron chi connectivity index (χ0n) is 10.2. The molecule has 1 aromatic rings. The maximum Gasteiger partial charge on any atom is 0.252 e. The summed E-state index contributed by atoms with van der Waals surface area (Å²) >= 11 is 7.65. The molecule has 0 saturated heterocycles. The van der Waals surface area contributed by atoms with E-state index in [1.807, 2.05) is 6.26 Å². The van der Waals surface area contributed by atoms with E-state index in [2.05, 4.69) is 19.2 Å². The predicted octanol–water partition coefficient (Wildman–Crippen LogP) is 2.79.